The van der Waals surface area contributed by atoms with Crippen LogP contribution in [0.2, 0.25) is 0 Å². The lowest BCUT2D eigenvalue weighted by Gasteiger charge is -2.38. The molecule has 2 aromatic rings. The van der Waals surface area contributed by atoms with E-state index in [-0.39, 0.29) is 5.69 Å². The van der Waals surface area contributed by atoms with E-state index in [1.807, 2.05) is 0 Å². The zero-order chi connectivity index (χ0) is 21.2. The van der Waals surface area contributed by atoms with E-state index in [1.165, 1.54) is 12.1 Å². The molecule has 0 saturated heterocycles. The van der Waals surface area contributed by atoms with Crippen molar-refractivity contribution in [1.82, 2.24) is 4.90 Å². The van der Waals surface area contributed by atoms with E-state index in [4.69, 9.17) is 10.5 Å². The van der Waals surface area contributed by atoms with Crippen LogP contribution in [-0.2, 0) is 9.59 Å². The van der Waals surface area contributed by atoms with Crippen LogP contribution in [-0.4, -0.2) is 42.0 Å². The Labute approximate surface area is 163 Å². The lowest BCUT2D eigenvalue weighted by atomic mass is 9.99. The summed E-state index contributed by atoms with van der Waals surface area (Å²) < 4.78 is 58.4. The molecule has 0 fully saturated rings. The van der Waals surface area contributed by atoms with E-state index in [1.54, 1.807) is 30.3 Å². The van der Waals surface area contributed by atoms with Crippen LogP contribution in [0.25, 0.3) is 0 Å². The van der Waals surface area contributed by atoms with Gasteiger partial charge in [0.05, 0.1) is 18.3 Å². The van der Waals surface area contributed by atoms with Gasteiger partial charge in [-0.2, -0.15) is 13.2 Å². The average molecular weight is 411 g/mol. The van der Waals surface area contributed by atoms with Crippen LogP contribution in [0.15, 0.2) is 48.5 Å². The lowest BCUT2D eigenvalue weighted by Crippen LogP contribution is -2.52. The van der Waals surface area contributed by atoms with Crippen molar-refractivity contribution in [3.63, 3.8) is 0 Å². The molecule has 2 amide bonds. The van der Waals surface area contributed by atoms with Crippen LogP contribution in [0, 0.1) is 5.82 Å². The highest BCUT2D eigenvalue weighted by Crippen LogP contribution is 2.38. The number of primary amides is 1. The number of alkyl halides is 3. The fourth-order valence-electron chi connectivity index (χ4n) is 3.12. The molecular formula is C19H17F4N3O3. The molecule has 0 radical (unpaired) electrons. The summed E-state index contributed by atoms with van der Waals surface area (Å²) in [6.45, 7) is -1.47. The number of benzene rings is 2. The summed E-state index contributed by atoms with van der Waals surface area (Å²) in [5, 5.41) is 2.92. The number of halogens is 4. The fourth-order valence-corrected chi connectivity index (χ4v) is 3.12. The molecule has 1 aliphatic rings. The van der Waals surface area contributed by atoms with Crippen molar-refractivity contribution in [2.75, 3.05) is 18.4 Å². The fraction of sp³-hybridized carbons (Fsp3) is 0.263. The highest BCUT2D eigenvalue weighted by atomic mass is 19.4. The normalized spacial score (nSPS) is 18.2. The average Bonchev–Trinajstić information content (AvgIpc) is 2.66. The van der Waals surface area contributed by atoms with Crippen LogP contribution in [0.4, 0.5) is 23.2 Å². The van der Waals surface area contributed by atoms with Gasteiger partial charge in [0, 0.05) is 12.6 Å². The molecule has 0 aliphatic carbocycles. The lowest BCUT2D eigenvalue weighted by molar-refractivity contribution is -0.186. The third-order valence-electron chi connectivity index (χ3n) is 4.32. The molecule has 1 aliphatic heterocycles. The van der Waals surface area contributed by atoms with Gasteiger partial charge in [0.25, 0.3) is 0 Å². The first-order chi connectivity index (χ1) is 13.6. The van der Waals surface area contributed by atoms with Gasteiger partial charge in [-0.1, -0.05) is 30.3 Å². The second kappa shape index (κ2) is 7.98. The maximum atomic E-state index is 13.6. The zero-order valence-electron chi connectivity index (χ0n) is 14.9. The van der Waals surface area contributed by atoms with Crippen LogP contribution >= 0.6 is 0 Å². The van der Waals surface area contributed by atoms with E-state index in [2.05, 4.69) is 5.32 Å². The molecule has 29 heavy (non-hydrogen) atoms. The summed E-state index contributed by atoms with van der Waals surface area (Å²) in [5.41, 5.74) is 5.87. The number of ether oxygens (including phenoxy) is 1. The van der Waals surface area contributed by atoms with Crippen LogP contribution in [0.1, 0.15) is 11.7 Å². The topological polar surface area (TPSA) is 84.7 Å². The Morgan fingerprint density at radius 3 is 2.45 bits per heavy atom. The van der Waals surface area contributed by atoms with Crippen molar-refractivity contribution in [2.45, 2.75) is 18.3 Å². The Morgan fingerprint density at radius 1 is 1.14 bits per heavy atom. The number of carbonyl (C=O) groups is 2. The molecule has 6 nitrogen and oxygen atoms in total. The number of nitrogens with one attached hydrogen (secondary N) is 1. The van der Waals surface area contributed by atoms with Crippen LogP contribution < -0.4 is 15.8 Å². The number of hydrogen-bond donors (Lipinski definition) is 2. The van der Waals surface area contributed by atoms with E-state index in [0.29, 0.717) is 16.2 Å². The highest BCUT2D eigenvalue weighted by Gasteiger charge is 2.44. The summed E-state index contributed by atoms with van der Waals surface area (Å²) >= 11 is 0. The first-order valence-electron chi connectivity index (χ1n) is 8.57. The number of anilines is 1. The monoisotopic (exact) mass is 411 g/mol. The Kier molecular flexibility index (Phi) is 5.62. The third kappa shape index (κ3) is 4.76. The minimum absolute atomic E-state index is 0.223. The van der Waals surface area contributed by atoms with Gasteiger partial charge in [0.15, 0.2) is 0 Å². The molecule has 0 aromatic heterocycles. The van der Waals surface area contributed by atoms with E-state index in [0.717, 1.165) is 6.07 Å². The maximum Gasteiger partial charge on any atom is 0.471 e. The molecule has 3 rings (SSSR count). The van der Waals surface area contributed by atoms with Crippen molar-refractivity contribution in [3.05, 3.63) is 59.9 Å². The largest absolute Gasteiger partial charge is 0.481 e. The minimum Gasteiger partial charge on any atom is -0.481 e. The Balaban J connectivity index is 1.95. The van der Waals surface area contributed by atoms with Crippen molar-refractivity contribution in [3.8, 4) is 5.75 Å². The molecule has 2 unspecified atom stereocenters. The van der Waals surface area contributed by atoms with E-state index in [9.17, 15) is 27.2 Å². The van der Waals surface area contributed by atoms with Gasteiger partial charge in [0.1, 0.15) is 17.7 Å². The van der Waals surface area contributed by atoms with Crippen molar-refractivity contribution in [1.29, 1.82) is 0 Å². The van der Waals surface area contributed by atoms with Gasteiger partial charge < -0.3 is 20.7 Å². The second-order valence-corrected chi connectivity index (χ2v) is 6.49. The Hall–Kier alpha value is -3.30. The number of nitrogens with two attached hydrogens (primary N) is 1. The summed E-state index contributed by atoms with van der Waals surface area (Å²) in [7, 11) is 0. The standard InChI is InChI=1S/C19H17F4N3O3/c20-12-6-7-15-13(8-12)25-14(17(29-15)11-4-2-1-3-5-11)9-26(10-16(24)27)18(28)19(21,22)23/h1-8,14,17,25H,9-10H2,(H2,24,27). The van der Waals surface area contributed by atoms with E-state index < -0.39 is 49.0 Å². The summed E-state index contributed by atoms with van der Waals surface area (Å²) in [4.78, 5) is 23.3. The Bertz CT molecular complexity index is 905. The molecule has 0 spiro atoms. The molecule has 10 heteroatoms. The quantitative estimate of drug-likeness (QED) is 0.741. The minimum atomic E-state index is -5.18. The molecule has 2 atom stereocenters. The predicted molar refractivity (Wildman–Crippen MR) is 95.5 cm³/mol. The summed E-state index contributed by atoms with van der Waals surface area (Å²) in [6, 6.07) is 11.4. The second-order valence-electron chi connectivity index (χ2n) is 6.49. The van der Waals surface area contributed by atoms with Crippen molar-refractivity contribution >= 4 is 17.5 Å². The van der Waals surface area contributed by atoms with Gasteiger partial charge in [-0.05, 0) is 17.7 Å². The molecule has 1 heterocycles. The first-order valence-corrected chi connectivity index (χ1v) is 8.57. The summed E-state index contributed by atoms with van der Waals surface area (Å²) in [6.07, 6.45) is -5.98. The number of amides is 2. The first kappa shape index (κ1) is 20.4. The third-order valence-corrected chi connectivity index (χ3v) is 4.32. The maximum absolute atomic E-state index is 13.6. The van der Waals surface area contributed by atoms with Crippen molar-refractivity contribution < 1.29 is 31.9 Å². The van der Waals surface area contributed by atoms with E-state index >= 15 is 0 Å². The van der Waals surface area contributed by atoms with Crippen molar-refractivity contribution in [2.24, 2.45) is 5.73 Å². The summed E-state index contributed by atoms with van der Waals surface area (Å²) in [5.74, 6) is -3.56. The van der Waals surface area contributed by atoms with Gasteiger partial charge >= 0.3 is 12.1 Å². The smallest absolute Gasteiger partial charge is 0.471 e. The van der Waals surface area contributed by atoms with Gasteiger partial charge in [-0.15, -0.1) is 0 Å². The number of carbonyl (C=O) groups excluding carboxylic acids is 2. The molecular weight excluding hydrogens is 394 g/mol. The number of hydrogen-bond acceptors (Lipinski definition) is 4. The van der Waals surface area contributed by atoms with Crippen LogP contribution in [0.3, 0.4) is 0 Å². The zero-order valence-corrected chi connectivity index (χ0v) is 14.9. The highest BCUT2D eigenvalue weighted by molar-refractivity contribution is 5.87. The number of fused-ring (bicyclic) bond motifs is 1. The molecule has 0 bridgehead atoms. The van der Waals surface area contributed by atoms with Gasteiger partial charge in [-0.25, -0.2) is 4.39 Å². The number of nitrogens with zero attached hydrogens (tertiary/aromatic N) is 1. The molecule has 2 aromatic carbocycles. The SMILES string of the molecule is NC(=O)CN(CC1Nc2cc(F)ccc2OC1c1ccccc1)C(=O)C(F)(F)F. The van der Waals surface area contributed by atoms with Gasteiger partial charge in [0.2, 0.25) is 5.91 Å². The number of rotatable bonds is 5. The van der Waals surface area contributed by atoms with Crippen LogP contribution in [0.5, 0.6) is 5.75 Å². The molecule has 154 valence electrons. The molecule has 0 saturated carbocycles. The Morgan fingerprint density at radius 2 is 1.83 bits per heavy atom. The van der Waals surface area contributed by atoms with Gasteiger partial charge in [-0.3, -0.25) is 9.59 Å². The predicted octanol–water partition coefficient (Wildman–Crippen LogP) is 2.62. The molecule has 3 N–H and O–H groups in total.